The Bertz CT molecular complexity index is 845. The molecule has 0 bridgehead atoms. The number of anilines is 1. The number of nitrogens with zero attached hydrogens (tertiary/aromatic N) is 2. The van der Waals surface area contributed by atoms with Gasteiger partial charge in [0.25, 0.3) is 0 Å². The van der Waals surface area contributed by atoms with E-state index in [2.05, 4.69) is 4.98 Å². The number of hydrogen-bond donors (Lipinski definition) is 2. The molecule has 142 valence electrons. The van der Waals surface area contributed by atoms with Crippen LogP contribution in [0.4, 0.5) is 10.2 Å². The summed E-state index contributed by atoms with van der Waals surface area (Å²) in [6.45, 7) is -0.0112. The summed E-state index contributed by atoms with van der Waals surface area (Å²) in [6, 6.07) is 8.30. The number of carbonyl (C=O) groups is 2. The third-order valence-corrected chi connectivity index (χ3v) is 4.40. The van der Waals surface area contributed by atoms with Crippen LogP contribution in [0.3, 0.4) is 0 Å². The fourth-order valence-electron chi connectivity index (χ4n) is 3.05. The number of aliphatic hydroxyl groups excluding tert-OH is 1. The number of aliphatic hydroxyl groups is 1. The van der Waals surface area contributed by atoms with Crippen molar-refractivity contribution in [1.29, 1.82) is 0 Å². The van der Waals surface area contributed by atoms with Gasteiger partial charge in [0.2, 0.25) is 5.91 Å². The molecular weight excluding hydrogens is 353 g/mol. The lowest BCUT2D eigenvalue weighted by molar-refractivity contribution is -0.154. The van der Waals surface area contributed by atoms with Crippen LogP contribution in [0.5, 0.6) is 0 Å². The Morgan fingerprint density at radius 2 is 2.11 bits per heavy atom. The normalized spacial score (nSPS) is 19.1. The van der Waals surface area contributed by atoms with Gasteiger partial charge in [-0.1, -0.05) is 18.2 Å². The highest BCUT2D eigenvalue weighted by molar-refractivity contribution is 5.86. The average molecular weight is 373 g/mol. The van der Waals surface area contributed by atoms with Gasteiger partial charge < -0.3 is 20.5 Å². The quantitative estimate of drug-likeness (QED) is 0.759. The maximum atomic E-state index is 13.8. The van der Waals surface area contributed by atoms with E-state index in [4.69, 9.17) is 10.5 Å². The highest BCUT2D eigenvalue weighted by Gasteiger charge is 2.39. The van der Waals surface area contributed by atoms with Crippen LogP contribution in [0.2, 0.25) is 0 Å². The van der Waals surface area contributed by atoms with Gasteiger partial charge in [-0.3, -0.25) is 4.79 Å². The third kappa shape index (κ3) is 4.59. The van der Waals surface area contributed by atoms with Crippen molar-refractivity contribution in [2.75, 3.05) is 12.3 Å². The van der Waals surface area contributed by atoms with Crippen LogP contribution < -0.4 is 5.73 Å². The number of nitrogens with two attached hydrogens (primary N) is 1. The van der Waals surface area contributed by atoms with Crippen LogP contribution in [-0.4, -0.2) is 45.6 Å². The number of amides is 1. The van der Waals surface area contributed by atoms with Gasteiger partial charge in [0.05, 0.1) is 12.5 Å². The summed E-state index contributed by atoms with van der Waals surface area (Å²) in [6.07, 6.45) is 0.565. The molecule has 7 nitrogen and oxygen atoms in total. The van der Waals surface area contributed by atoms with Crippen LogP contribution in [0.25, 0.3) is 0 Å². The van der Waals surface area contributed by atoms with Gasteiger partial charge in [-0.05, 0) is 29.3 Å². The van der Waals surface area contributed by atoms with E-state index in [1.54, 1.807) is 18.2 Å². The van der Waals surface area contributed by atoms with Crippen LogP contribution in [0.15, 0.2) is 42.6 Å². The lowest BCUT2D eigenvalue weighted by Crippen LogP contribution is -2.42. The minimum Gasteiger partial charge on any atom is -0.459 e. The van der Waals surface area contributed by atoms with E-state index < -0.39 is 29.8 Å². The van der Waals surface area contributed by atoms with E-state index in [0.717, 1.165) is 0 Å². The Morgan fingerprint density at radius 1 is 1.33 bits per heavy atom. The molecule has 0 aliphatic carbocycles. The Balaban J connectivity index is 1.65. The van der Waals surface area contributed by atoms with Crippen LogP contribution in [0, 0.1) is 5.82 Å². The van der Waals surface area contributed by atoms with Gasteiger partial charge in [0.1, 0.15) is 24.3 Å². The second-order valence-corrected chi connectivity index (χ2v) is 6.42. The van der Waals surface area contributed by atoms with E-state index in [-0.39, 0.29) is 31.6 Å². The Labute approximate surface area is 155 Å². The summed E-state index contributed by atoms with van der Waals surface area (Å²) in [5.74, 6) is -1.24. The lowest BCUT2D eigenvalue weighted by atomic mass is 10.1. The summed E-state index contributed by atoms with van der Waals surface area (Å²) in [5, 5.41) is 9.91. The first kappa shape index (κ1) is 18.8. The highest BCUT2D eigenvalue weighted by Crippen LogP contribution is 2.22. The summed E-state index contributed by atoms with van der Waals surface area (Å²) in [7, 11) is 0. The van der Waals surface area contributed by atoms with Crippen molar-refractivity contribution in [1.82, 2.24) is 9.88 Å². The molecule has 2 aromatic rings. The second kappa shape index (κ2) is 8.13. The Hall–Kier alpha value is -3.00. The number of likely N-dealkylation sites (tertiary alicyclic amines) is 1. The molecule has 0 spiro atoms. The monoisotopic (exact) mass is 373 g/mol. The predicted octanol–water partition coefficient (Wildman–Crippen LogP) is 1.05. The highest BCUT2D eigenvalue weighted by atomic mass is 19.1. The fraction of sp³-hybridized carbons (Fsp3) is 0.316. The number of hydrogen-bond acceptors (Lipinski definition) is 6. The van der Waals surface area contributed by atoms with E-state index in [1.807, 2.05) is 0 Å². The molecule has 3 rings (SSSR count). The minimum absolute atomic E-state index is 0.00918. The number of rotatable bonds is 5. The van der Waals surface area contributed by atoms with Gasteiger partial charge in [0, 0.05) is 19.2 Å². The van der Waals surface area contributed by atoms with Gasteiger partial charge >= 0.3 is 5.97 Å². The van der Waals surface area contributed by atoms with Gasteiger partial charge in [-0.2, -0.15) is 0 Å². The predicted molar refractivity (Wildman–Crippen MR) is 94.7 cm³/mol. The maximum Gasteiger partial charge on any atom is 0.329 e. The van der Waals surface area contributed by atoms with Crippen LogP contribution in [-0.2, 0) is 27.4 Å². The number of pyridine rings is 1. The van der Waals surface area contributed by atoms with Crippen molar-refractivity contribution in [3.8, 4) is 0 Å². The van der Waals surface area contributed by atoms with Crippen molar-refractivity contribution in [2.45, 2.75) is 31.6 Å². The molecule has 3 N–H and O–H groups in total. The number of carbonyl (C=O) groups excluding carboxylic acids is 2. The molecule has 0 radical (unpaired) electrons. The number of esters is 1. The van der Waals surface area contributed by atoms with Gasteiger partial charge in [-0.15, -0.1) is 0 Å². The van der Waals surface area contributed by atoms with Crippen LogP contribution >= 0.6 is 0 Å². The van der Waals surface area contributed by atoms with Gasteiger partial charge in [-0.25, -0.2) is 14.2 Å². The molecular formula is C19H20FN3O4. The van der Waals surface area contributed by atoms with Crippen molar-refractivity contribution in [3.63, 3.8) is 0 Å². The SMILES string of the molecule is Nc1cc(COC(=O)C2CC(O)CN2C(=O)Cc2ccccc2F)ccn1. The van der Waals surface area contributed by atoms with Crippen molar-refractivity contribution < 1.29 is 23.8 Å². The Morgan fingerprint density at radius 3 is 2.85 bits per heavy atom. The zero-order valence-corrected chi connectivity index (χ0v) is 14.5. The van der Waals surface area contributed by atoms with E-state index in [1.165, 1.54) is 29.3 Å². The lowest BCUT2D eigenvalue weighted by Gasteiger charge is -2.23. The molecule has 8 heteroatoms. The van der Waals surface area contributed by atoms with Crippen molar-refractivity contribution in [3.05, 3.63) is 59.5 Å². The topological polar surface area (TPSA) is 106 Å². The summed E-state index contributed by atoms with van der Waals surface area (Å²) in [4.78, 5) is 30.1. The summed E-state index contributed by atoms with van der Waals surface area (Å²) >= 11 is 0. The number of ether oxygens (including phenoxy) is 1. The molecule has 1 aromatic heterocycles. The summed E-state index contributed by atoms with van der Waals surface area (Å²) in [5.41, 5.74) is 6.49. The molecule has 1 fully saturated rings. The average Bonchev–Trinajstić information content (AvgIpc) is 3.04. The van der Waals surface area contributed by atoms with Crippen molar-refractivity contribution in [2.24, 2.45) is 0 Å². The smallest absolute Gasteiger partial charge is 0.329 e. The van der Waals surface area contributed by atoms with E-state index in [0.29, 0.717) is 11.4 Å². The number of benzene rings is 1. The first-order valence-corrected chi connectivity index (χ1v) is 8.52. The van der Waals surface area contributed by atoms with E-state index in [9.17, 15) is 19.1 Å². The molecule has 2 atom stereocenters. The molecule has 2 heterocycles. The Kier molecular flexibility index (Phi) is 5.66. The molecule has 27 heavy (non-hydrogen) atoms. The zero-order valence-electron chi connectivity index (χ0n) is 14.5. The molecule has 2 unspecified atom stereocenters. The number of nitrogen functional groups attached to an aromatic ring is 1. The zero-order chi connectivity index (χ0) is 19.4. The van der Waals surface area contributed by atoms with Crippen molar-refractivity contribution >= 4 is 17.7 Å². The first-order chi connectivity index (χ1) is 12.9. The first-order valence-electron chi connectivity index (χ1n) is 8.52. The number of β-amino-alcohol motifs (C(OH)–C–C–N with tert-alkyl or cyclic N) is 1. The van der Waals surface area contributed by atoms with Gasteiger partial charge in [0.15, 0.2) is 0 Å². The number of aromatic nitrogens is 1. The largest absolute Gasteiger partial charge is 0.459 e. The maximum absolute atomic E-state index is 13.8. The molecule has 1 amide bonds. The molecule has 1 aliphatic rings. The van der Waals surface area contributed by atoms with Crippen LogP contribution in [0.1, 0.15) is 17.5 Å². The standard InChI is InChI=1S/C19H20FN3O4/c20-15-4-2-1-3-13(15)8-18(25)23-10-14(24)9-16(23)19(26)27-11-12-5-6-22-17(21)7-12/h1-7,14,16,24H,8-11H2,(H2,21,22). The second-order valence-electron chi connectivity index (χ2n) is 6.42. The van der Waals surface area contributed by atoms with E-state index >= 15 is 0 Å². The molecule has 1 saturated heterocycles. The molecule has 1 aromatic carbocycles. The number of halogens is 1. The molecule has 0 saturated carbocycles. The third-order valence-electron chi connectivity index (χ3n) is 4.40. The molecule has 1 aliphatic heterocycles. The summed E-state index contributed by atoms with van der Waals surface area (Å²) < 4.78 is 19.1. The minimum atomic E-state index is -0.904. The fourth-order valence-corrected chi connectivity index (χ4v) is 3.05.